The fourth-order valence-electron chi connectivity index (χ4n) is 2.19. The number of benzene rings is 1. The zero-order chi connectivity index (χ0) is 16.3. The fourth-order valence-corrected chi connectivity index (χ4v) is 2.19. The molecule has 0 aliphatic rings. The number of nitrogens with zero attached hydrogens (tertiary/aromatic N) is 1. The van der Waals surface area contributed by atoms with Gasteiger partial charge in [-0.25, -0.2) is 0 Å². The molecule has 0 aliphatic heterocycles. The van der Waals surface area contributed by atoms with Crippen molar-refractivity contribution in [1.82, 2.24) is 5.32 Å². The maximum Gasteiger partial charge on any atom is 0.269 e. The predicted octanol–water partition coefficient (Wildman–Crippen LogP) is 3.05. The van der Waals surface area contributed by atoms with Gasteiger partial charge in [0.25, 0.3) is 5.69 Å². The minimum atomic E-state index is -1.15. The second kappa shape index (κ2) is 6.29. The minimum absolute atomic E-state index is 0.0552. The van der Waals surface area contributed by atoms with Crippen LogP contribution in [0.25, 0.3) is 0 Å². The Morgan fingerprint density at radius 2 is 2.14 bits per heavy atom. The highest BCUT2D eigenvalue weighted by molar-refractivity contribution is 5.35. The van der Waals surface area contributed by atoms with Crippen LogP contribution in [0.4, 0.5) is 5.69 Å². The Bertz CT molecular complexity index is 664. The van der Waals surface area contributed by atoms with E-state index in [9.17, 15) is 15.2 Å². The molecule has 0 fully saturated rings. The molecule has 22 heavy (non-hydrogen) atoms. The summed E-state index contributed by atoms with van der Waals surface area (Å²) in [6, 6.07) is 9.86. The lowest BCUT2D eigenvalue weighted by molar-refractivity contribution is -0.384. The van der Waals surface area contributed by atoms with E-state index in [0.29, 0.717) is 5.76 Å². The van der Waals surface area contributed by atoms with Gasteiger partial charge in [0, 0.05) is 24.7 Å². The van der Waals surface area contributed by atoms with Gasteiger partial charge in [-0.3, -0.25) is 10.1 Å². The maximum atomic E-state index is 10.8. The van der Waals surface area contributed by atoms with Crippen LogP contribution in [0.5, 0.6) is 0 Å². The Hall–Kier alpha value is -2.18. The van der Waals surface area contributed by atoms with Crippen molar-refractivity contribution in [2.45, 2.75) is 32.4 Å². The van der Waals surface area contributed by atoms with Gasteiger partial charge in [0.05, 0.1) is 4.92 Å². The first-order valence-corrected chi connectivity index (χ1v) is 7.06. The van der Waals surface area contributed by atoms with Gasteiger partial charge in [-0.1, -0.05) is 12.1 Å². The quantitative estimate of drug-likeness (QED) is 0.632. The number of non-ortho nitro benzene ring substituents is 1. The van der Waals surface area contributed by atoms with Crippen LogP contribution < -0.4 is 5.32 Å². The Labute approximate surface area is 128 Å². The number of nitrogens with one attached hydrogen (secondary N) is 1. The minimum Gasteiger partial charge on any atom is -0.463 e. The highest BCUT2D eigenvalue weighted by Gasteiger charge is 2.27. The number of furan rings is 1. The summed E-state index contributed by atoms with van der Waals surface area (Å²) in [4.78, 5) is 10.4. The Kier molecular flexibility index (Phi) is 4.63. The van der Waals surface area contributed by atoms with Crippen LogP contribution in [-0.4, -0.2) is 16.6 Å². The largest absolute Gasteiger partial charge is 0.463 e. The highest BCUT2D eigenvalue weighted by Crippen LogP contribution is 2.24. The Balaban J connectivity index is 2.04. The summed E-state index contributed by atoms with van der Waals surface area (Å²) in [5.41, 5.74) is -0.302. The predicted molar refractivity (Wildman–Crippen MR) is 82.5 cm³/mol. The average molecular weight is 304 g/mol. The topological polar surface area (TPSA) is 88.5 Å². The lowest BCUT2D eigenvalue weighted by atomic mass is 10.0. The van der Waals surface area contributed by atoms with Gasteiger partial charge in [-0.15, -0.1) is 0 Å². The molecule has 2 atom stereocenters. The molecule has 6 nitrogen and oxygen atoms in total. The van der Waals surface area contributed by atoms with Crippen molar-refractivity contribution in [3.05, 3.63) is 63.6 Å². The molecule has 1 aromatic carbocycles. The van der Waals surface area contributed by atoms with Crippen LogP contribution in [0.3, 0.4) is 0 Å². The van der Waals surface area contributed by atoms with Crippen LogP contribution in [0.15, 0.2) is 40.8 Å². The Morgan fingerprint density at radius 1 is 1.41 bits per heavy atom. The van der Waals surface area contributed by atoms with Crippen LogP contribution in [0.1, 0.15) is 37.0 Å². The monoisotopic (exact) mass is 304 g/mol. The normalized spacial score (nSPS) is 15.3. The van der Waals surface area contributed by atoms with Crippen LogP contribution >= 0.6 is 0 Å². The third-order valence-electron chi connectivity index (χ3n) is 3.60. The standard InChI is InChI=1S/C16H20N2O4/c1-11-7-8-15(22-11)16(3,19)10-17-12(2)13-5-4-6-14(9-13)18(20)21/h4-9,12,17,19H,10H2,1-3H3. The fraction of sp³-hybridized carbons (Fsp3) is 0.375. The van der Waals surface area contributed by atoms with Gasteiger partial charge >= 0.3 is 0 Å². The first-order valence-electron chi connectivity index (χ1n) is 7.06. The molecule has 0 amide bonds. The number of rotatable bonds is 6. The number of nitro benzene ring substituents is 1. The molecule has 2 rings (SSSR count). The van der Waals surface area contributed by atoms with Crippen molar-refractivity contribution in [3.8, 4) is 0 Å². The van der Waals surface area contributed by atoms with E-state index in [0.717, 1.165) is 11.3 Å². The van der Waals surface area contributed by atoms with Gasteiger partial charge in [0.1, 0.15) is 17.1 Å². The smallest absolute Gasteiger partial charge is 0.269 e. The van der Waals surface area contributed by atoms with E-state index in [-0.39, 0.29) is 18.3 Å². The molecule has 1 heterocycles. The lowest BCUT2D eigenvalue weighted by Crippen LogP contribution is -2.36. The van der Waals surface area contributed by atoms with Gasteiger partial charge in [-0.2, -0.15) is 0 Å². The molecule has 2 N–H and O–H groups in total. The van der Waals surface area contributed by atoms with Crippen molar-refractivity contribution >= 4 is 5.69 Å². The van der Waals surface area contributed by atoms with Gasteiger partial charge in [0.15, 0.2) is 0 Å². The van der Waals surface area contributed by atoms with E-state index in [2.05, 4.69) is 5.32 Å². The average Bonchev–Trinajstić information content (AvgIpc) is 2.92. The molecule has 2 unspecified atom stereocenters. The van der Waals surface area contributed by atoms with Crippen LogP contribution in [0, 0.1) is 17.0 Å². The number of aliphatic hydroxyl groups is 1. The van der Waals surface area contributed by atoms with Crippen molar-refractivity contribution in [1.29, 1.82) is 0 Å². The van der Waals surface area contributed by atoms with Crippen LogP contribution in [0.2, 0.25) is 0 Å². The van der Waals surface area contributed by atoms with E-state index in [4.69, 9.17) is 4.42 Å². The molecule has 118 valence electrons. The summed E-state index contributed by atoms with van der Waals surface area (Å²) < 4.78 is 5.46. The first kappa shape index (κ1) is 16.2. The summed E-state index contributed by atoms with van der Waals surface area (Å²) in [7, 11) is 0. The molecule has 0 bridgehead atoms. The van der Waals surface area contributed by atoms with Gasteiger partial charge in [0.2, 0.25) is 0 Å². The maximum absolute atomic E-state index is 10.8. The van der Waals surface area contributed by atoms with E-state index in [1.807, 2.05) is 19.9 Å². The summed E-state index contributed by atoms with van der Waals surface area (Å²) >= 11 is 0. The van der Waals surface area contributed by atoms with E-state index in [1.54, 1.807) is 25.1 Å². The SMILES string of the molecule is Cc1ccc(C(C)(O)CNC(C)c2cccc([N+](=O)[O-])c2)o1. The third-order valence-corrected chi connectivity index (χ3v) is 3.60. The second-order valence-electron chi connectivity index (χ2n) is 5.64. The number of hydrogen-bond acceptors (Lipinski definition) is 5. The van der Waals surface area contributed by atoms with E-state index >= 15 is 0 Å². The molecule has 0 saturated carbocycles. The van der Waals surface area contributed by atoms with Crippen molar-refractivity contribution in [2.24, 2.45) is 0 Å². The van der Waals surface area contributed by atoms with Crippen molar-refractivity contribution < 1.29 is 14.4 Å². The molecule has 0 radical (unpaired) electrons. The van der Waals surface area contributed by atoms with E-state index in [1.165, 1.54) is 12.1 Å². The molecule has 6 heteroatoms. The zero-order valence-corrected chi connectivity index (χ0v) is 12.9. The number of hydrogen-bond donors (Lipinski definition) is 2. The second-order valence-corrected chi connectivity index (χ2v) is 5.64. The molecule has 0 aliphatic carbocycles. The number of nitro groups is 1. The van der Waals surface area contributed by atoms with Gasteiger partial charge < -0.3 is 14.8 Å². The molecule has 1 aromatic heterocycles. The third kappa shape index (κ3) is 3.72. The summed E-state index contributed by atoms with van der Waals surface area (Å²) in [6.45, 7) is 5.64. The Morgan fingerprint density at radius 3 is 2.73 bits per heavy atom. The summed E-state index contributed by atoms with van der Waals surface area (Å²) in [5, 5.41) is 24.5. The van der Waals surface area contributed by atoms with E-state index < -0.39 is 10.5 Å². The zero-order valence-electron chi connectivity index (χ0n) is 12.9. The summed E-state index contributed by atoms with van der Waals surface area (Å²) in [5.74, 6) is 1.23. The highest BCUT2D eigenvalue weighted by atomic mass is 16.6. The van der Waals surface area contributed by atoms with Crippen LogP contribution in [-0.2, 0) is 5.60 Å². The lowest BCUT2D eigenvalue weighted by Gasteiger charge is -2.24. The van der Waals surface area contributed by atoms with Gasteiger partial charge in [-0.05, 0) is 38.5 Å². The van der Waals surface area contributed by atoms with Crippen molar-refractivity contribution in [2.75, 3.05) is 6.54 Å². The summed E-state index contributed by atoms with van der Waals surface area (Å²) in [6.07, 6.45) is 0. The molecule has 2 aromatic rings. The molecule has 0 saturated heterocycles. The molecular weight excluding hydrogens is 284 g/mol. The first-order chi connectivity index (χ1) is 10.3. The molecule has 0 spiro atoms. The molecular formula is C16H20N2O4. The van der Waals surface area contributed by atoms with Crippen molar-refractivity contribution in [3.63, 3.8) is 0 Å². The number of aryl methyl sites for hydroxylation is 1.